The first kappa shape index (κ1) is 16.2. The Morgan fingerprint density at radius 2 is 2.09 bits per heavy atom. The van der Waals surface area contributed by atoms with E-state index in [2.05, 4.69) is 9.97 Å². The summed E-state index contributed by atoms with van der Waals surface area (Å²) in [5, 5.41) is 0.640. The van der Waals surface area contributed by atoms with Crippen LogP contribution in [0.15, 0.2) is 4.79 Å². The molecule has 0 amide bonds. The van der Waals surface area contributed by atoms with Gasteiger partial charge in [0.15, 0.2) is 11.9 Å². The van der Waals surface area contributed by atoms with Crippen molar-refractivity contribution in [2.45, 2.75) is 59.0 Å². The Labute approximate surface area is 139 Å². The molecule has 1 unspecified atom stereocenters. The smallest absolute Gasteiger partial charge is 0.306 e. The van der Waals surface area contributed by atoms with Crippen molar-refractivity contribution < 1.29 is 9.53 Å². The maximum atomic E-state index is 12.3. The van der Waals surface area contributed by atoms with Crippen LogP contribution < -0.4 is 5.56 Å². The summed E-state index contributed by atoms with van der Waals surface area (Å²) in [6, 6.07) is 0. The van der Waals surface area contributed by atoms with Gasteiger partial charge in [-0.25, -0.2) is 4.98 Å². The van der Waals surface area contributed by atoms with Crippen molar-refractivity contribution in [1.82, 2.24) is 9.97 Å². The minimum absolute atomic E-state index is 0.162. The lowest BCUT2D eigenvalue weighted by atomic mass is 10.0. The molecule has 2 aromatic heterocycles. The fraction of sp³-hybridized carbons (Fsp3) is 0.588. The number of thiophene rings is 1. The number of nitrogens with one attached hydrogen (secondary N) is 1. The Balaban J connectivity index is 1.76. The fourth-order valence-electron chi connectivity index (χ4n) is 3.22. The maximum Gasteiger partial charge on any atom is 0.306 e. The highest BCUT2D eigenvalue weighted by atomic mass is 32.1. The topological polar surface area (TPSA) is 72.0 Å². The first-order valence-corrected chi connectivity index (χ1v) is 8.96. The Hall–Kier alpha value is -1.69. The molecular formula is C17H22N2O3S. The molecule has 0 radical (unpaired) electrons. The first-order valence-electron chi connectivity index (χ1n) is 8.15. The van der Waals surface area contributed by atoms with Gasteiger partial charge in [-0.1, -0.05) is 12.8 Å². The van der Waals surface area contributed by atoms with Gasteiger partial charge in [-0.05, 0) is 45.1 Å². The van der Waals surface area contributed by atoms with Gasteiger partial charge in [-0.3, -0.25) is 9.59 Å². The van der Waals surface area contributed by atoms with Crippen LogP contribution in [0.5, 0.6) is 0 Å². The molecule has 2 heterocycles. The molecule has 1 fully saturated rings. The molecule has 0 spiro atoms. The number of hydrogen-bond donors (Lipinski definition) is 1. The molecule has 1 N–H and O–H groups in total. The minimum atomic E-state index is -0.538. The molecule has 2 aromatic rings. The molecule has 0 bridgehead atoms. The van der Waals surface area contributed by atoms with Crippen molar-refractivity contribution in [2.24, 2.45) is 5.92 Å². The van der Waals surface area contributed by atoms with Crippen molar-refractivity contribution in [3.05, 3.63) is 26.6 Å². The lowest BCUT2D eigenvalue weighted by Gasteiger charge is -2.14. The zero-order valence-corrected chi connectivity index (χ0v) is 14.6. The highest BCUT2D eigenvalue weighted by molar-refractivity contribution is 7.18. The maximum absolute atomic E-state index is 12.3. The SMILES string of the molecule is Cc1sc2nc(C(C)OC(=O)CC3CCCC3)[nH]c(=O)c2c1C. The van der Waals surface area contributed by atoms with Gasteiger partial charge in [0.2, 0.25) is 0 Å². The Kier molecular flexibility index (Phi) is 4.53. The summed E-state index contributed by atoms with van der Waals surface area (Å²) in [4.78, 5) is 33.4. The van der Waals surface area contributed by atoms with Crippen LogP contribution in [0.1, 0.15) is 61.4 Å². The van der Waals surface area contributed by atoms with Gasteiger partial charge >= 0.3 is 5.97 Å². The molecule has 1 aliphatic carbocycles. The number of esters is 1. The van der Waals surface area contributed by atoms with Gasteiger partial charge in [0.1, 0.15) is 4.83 Å². The van der Waals surface area contributed by atoms with Gasteiger partial charge in [-0.2, -0.15) is 0 Å². The number of hydrogen-bond acceptors (Lipinski definition) is 5. The number of aryl methyl sites for hydroxylation is 2. The molecule has 23 heavy (non-hydrogen) atoms. The van der Waals surface area contributed by atoms with Crippen LogP contribution >= 0.6 is 11.3 Å². The zero-order chi connectivity index (χ0) is 16.6. The molecule has 1 saturated carbocycles. The predicted molar refractivity (Wildman–Crippen MR) is 90.8 cm³/mol. The number of carbonyl (C=O) groups is 1. The summed E-state index contributed by atoms with van der Waals surface area (Å²) >= 11 is 1.50. The molecule has 1 atom stereocenters. The van der Waals surface area contributed by atoms with Gasteiger partial charge in [-0.15, -0.1) is 11.3 Å². The Morgan fingerprint density at radius 1 is 1.39 bits per heavy atom. The Bertz CT molecular complexity index is 787. The van der Waals surface area contributed by atoms with Crippen molar-refractivity contribution in [2.75, 3.05) is 0 Å². The third kappa shape index (κ3) is 3.32. The van der Waals surface area contributed by atoms with E-state index in [-0.39, 0.29) is 11.5 Å². The van der Waals surface area contributed by atoms with E-state index in [0.29, 0.717) is 28.4 Å². The first-order chi connectivity index (χ1) is 11.0. The molecule has 1 aliphatic rings. The normalized spacial score (nSPS) is 16.8. The molecule has 3 rings (SSSR count). The fourth-order valence-corrected chi connectivity index (χ4v) is 4.25. The van der Waals surface area contributed by atoms with E-state index in [1.54, 1.807) is 6.92 Å². The second-order valence-corrected chi connectivity index (χ2v) is 7.60. The van der Waals surface area contributed by atoms with Crippen LogP contribution in [0.3, 0.4) is 0 Å². The Morgan fingerprint density at radius 3 is 2.78 bits per heavy atom. The lowest BCUT2D eigenvalue weighted by Crippen LogP contribution is -2.18. The number of nitrogens with zero attached hydrogens (tertiary/aromatic N) is 1. The molecule has 0 saturated heterocycles. The van der Waals surface area contributed by atoms with E-state index in [9.17, 15) is 9.59 Å². The van der Waals surface area contributed by atoms with E-state index in [0.717, 1.165) is 23.3 Å². The second kappa shape index (κ2) is 6.43. The zero-order valence-electron chi connectivity index (χ0n) is 13.8. The van der Waals surface area contributed by atoms with Crippen LogP contribution in [0.25, 0.3) is 10.2 Å². The molecule has 124 valence electrons. The summed E-state index contributed by atoms with van der Waals surface area (Å²) in [6.45, 7) is 5.66. The number of ether oxygens (including phenoxy) is 1. The van der Waals surface area contributed by atoms with Gasteiger partial charge in [0.25, 0.3) is 5.56 Å². The summed E-state index contributed by atoms with van der Waals surface area (Å²) in [7, 11) is 0. The summed E-state index contributed by atoms with van der Waals surface area (Å²) in [5.74, 6) is 0.668. The van der Waals surface area contributed by atoms with E-state index in [4.69, 9.17) is 4.74 Å². The lowest BCUT2D eigenvalue weighted by molar-refractivity contribution is -0.150. The number of fused-ring (bicyclic) bond motifs is 1. The van der Waals surface area contributed by atoms with Crippen molar-refractivity contribution in [1.29, 1.82) is 0 Å². The van der Waals surface area contributed by atoms with Crippen LogP contribution in [-0.2, 0) is 9.53 Å². The largest absolute Gasteiger partial charge is 0.454 e. The third-order valence-corrected chi connectivity index (χ3v) is 5.78. The number of aromatic nitrogens is 2. The van der Waals surface area contributed by atoms with Crippen LogP contribution in [0.4, 0.5) is 0 Å². The monoisotopic (exact) mass is 334 g/mol. The molecule has 6 heteroatoms. The summed E-state index contributed by atoms with van der Waals surface area (Å²) in [5.41, 5.74) is 0.807. The predicted octanol–water partition coefficient (Wildman–Crippen LogP) is 3.79. The quantitative estimate of drug-likeness (QED) is 0.864. The third-order valence-electron chi connectivity index (χ3n) is 4.68. The van der Waals surface area contributed by atoms with E-state index >= 15 is 0 Å². The number of aromatic amines is 1. The second-order valence-electron chi connectivity index (χ2n) is 6.40. The standard InChI is InChI=1S/C17H22N2O3S/c1-9-11(3)23-17-14(9)16(21)18-15(19-17)10(2)22-13(20)8-12-6-4-5-7-12/h10,12H,4-8H2,1-3H3,(H,18,19,21). The van der Waals surface area contributed by atoms with Crippen molar-refractivity contribution in [3.63, 3.8) is 0 Å². The van der Waals surface area contributed by atoms with E-state index in [1.807, 2.05) is 13.8 Å². The van der Waals surface area contributed by atoms with Gasteiger partial charge in [0.05, 0.1) is 5.39 Å². The van der Waals surface area contributed by atoms with Crippen LogP contribution in [-0.4, -0.2) is 15.9 Å². The van der Waals surface area contributed by atoms with E-state index in [1.165, 1.54) is 24.2 Å². The van der Waals surface area contributed by atoms with Crippen LogP contribution in [0, 0.1) is 19.8 Å². The van der Waals surface area contributed by atoms with Crippen molar-refractivity contribution in [3.8, 4) is 0 Å². The number of carbonyl (C=O) groups excluding carboxylic acids is 1. The van der Waals surface area contributed by atoms with Gasteiger partial charge < -0.3 is 9.72 Å². The average Bonchev–Trinajstić information content (AvgIpc) is 3.07. The highest BCUT2D eigenvalue weighted by Gasteiger charge is 2.22. The highest BCUT2D eigenvalue weighted by Crippen LogP contribution is 2.29. The minimum Gasteiger partial charge on any atom is -0.454 e. The number of H-pyrrole nitrogens is 1. The van der Waals surface area contributed by atoms with Crippen molar-refractivity contribution >= 4 is 27.5 Å². The average molecular weight is 334 g/mol. The summed E-state index contributed by atoms with van der Waals surface area (Å²) < 4.78 is 5.47. The summed E-state index contributed by atoms with van der Waals surface area (Å²) in [6.07, 6.45) is 4.56. The number of rotatable bonds is 4. The molecule has 0 aromatic carbocycles. The molecular weight excluding hydrogens is 312 g/mol. The molecule has 0 aliphatic heterocycles. The van der Waals surface area contributed by atoms with E-state index < -0.39 is 6.10 Å². The van der Waals surface area contributed by atoms with Crippen LogP contribution in [0.2, 0.25) is 0 Å². The molecule has 5 nitrogen and oxygen atoms in total. The van der Waals surface area contributed by atoms with Gasteiger partial charge in [0, 0.05) is 11.3 Å².